The van der Waals surface area contributed by atoms with Crippen LogP contribution in [0.1, 0.15) is 30.9 Å². The van der Waals surface area contributed by atoms with Crippen molar-refractivity contribution >= 4 is 5.97 Å². The summed E-state index contributed by atoms with van der Waals surface area (Å²) in [6.45, 7) is 4.86. The predicted octanol–water partition coefficient (Wildman–Crippen LogP) is 2.48. The first-order valence-corrected chi connectivity index (χ1v) is 5.75. The molecule has 0 spiro atoms. The molecule has 1 aromatic rings. The number of fused-ring (bicyclic) bond motifs is 1. The fourth-order valence-electron chi connectivity index (χ4n) is 2.21. The van der Waals surface area contributed by atoms with Gasteiger partial charge < -0.3 is 9.30 Å². The Balaban J connectivity index is 2.15. The zero-order valence-electron chi connectivity index (χ0n) is 9.39. The Bertz CT molecular complexity index is 381. The van der Waals surface area contributed by atoms with Crippen LogP contribution in [0.5, 0.6) is 0 Å². The van der Waals surface area contributed by atoms with Gasteiger partial charge in [0.05, 0.1) is 5.92 Å². The van der Waals surface area contributed by atoms with Crippen LogP contribution in [-0.2, 0) is 16.1 Å². The summed E-state index contributed by atoms with van der Waals surface area (Å²) in [4.78, 5) is 11.9. The molecule has 0 aliphatic carbocycles. The number of aromatic nitrogens is 1. The average molecular weight is 219 g/mol. The molecule has 3 nitrogen and oxygen atoms in total. The molecule has 1 aliphatic heterocycles. The molecule has 0 amide bonds. The molecule has 2 rings (SSSR count). The highest BCUT2D eigenvalue weighted by Gasteiger charge is 2.26. The third kappa shape index (κ3) is 2.18. The molecule has 16 heavy (non-hydrogen) atoms. The van der Waals surface area contributed by atoms with E-state index >= 15 is 0 Å². The van der Waals surface area contributed by atoms with Crippen LogP contribution in [0.15, 0.2) is 31.0 Å². The number of carbonyl (C=O) groups is 1. The van der Waals surface area contributed by atoms with E-state index in [9.17, 15) is 4.79 Å². The number of hydrogen-bond acceptors (Lipinski definition) is 2. The number of rotatable bonds is 3. The summed E-state index contributed by atoms with van der Waals surface area (Å²) < 4.78 is 7.30. The molecule has 3 heteroatoms. The Morgan fingerprint density at radius 1 is 1.62 bits per heavy atom. The monoisotopic (exact) mass is 219 g/mol. The molecule has 0 saturated heterocycles. The highest BCUT2D eigenvalue weighted by Crippen LogP contribution is 2.27. The molecule has 0 fully saturated rings. The highest BCUT2D eigenvalue weighted by atomic mass is 16.5. The Kier molecular flexibility index (Phi) is 3.44. The summed E-state index contributed by atoms with van der Waals surface area (Å²) >= 11 is 0. The number of nitrogens with zero attached hydrogens (tertiary/aromatic N) is 1. The fraction of sp³-hybridized carbons (Fsp3) is 0.462. The zero-order chi connectivity index (χ0) is 11.4. The second-order valence-electron chi connectivity index (χ2n) is 4.09. The minimum Gasteiger partial charge on any atom is -0.461 e. The minimum atomic E-state index is -0.123. The van der Waals surface area contributed by atoms with Gasteiger partial charge in [0.15, 0.2) is 0 Å². The van der Waals surface area contributed by atoms with Gasteiger partial charge in [0.25, 0.3) is 0 Å². The maximum absolute atomic E-state index is 11.9. The van der Waals surface area contributed by atoms with E-state index in [0.29, 0.717) is 6.61 Å². The van der Waals surface area contributed by atoms with Crippen LogP contribution in [0, 0.1) is 0 Å². The largest absolute Gasteiger partial charge is 0.461 e. The zero-order valence-corrected chi connectivity index (χ0v) is 9.39. The molecule has 2 heterocycles. The van der Waals surface area contributed by atoms with Crippen molar-refractivity contribution in [3.8, 4) is 0 Å². The van der Waals surface area contributed by atoms with E-state index in [2.05, 4.69) is 11.1 Å². The van der Waals surface area contributed by atoms with Gasteiger partial charge in [0.2, 0.25) is 0 Å². The van der Waals surface area contributed by atoms with Crippen LogP contribution >= 0.6 is 0 Å². The summed E-state index contributed by atoms with van der Waals surface area (Å²) in [7, 11) is 0. The van der Waals surface area contributed by atoms with Crippen molar-refractivity contribution in [2.75, 3.05) is 6.61 Å². The molecule has 1 aromatic heterocycles. The summed E-state index contributed by atoms with van der Waals surface area (Å²) in [5.41, 5.74) is 1.09. The van der Waals surface area contributed by atoms with E-state index in [1.165, 1.54) is 0 Å². The van der Waals surface area contributed by atoms with Crippen molar-refractivity contribution in [1.82, 2.24) is 4.57 Å². The molecule has 1 atom stereocenters. The third-order valence-corrected chi connectivity index (χ3v) is 2.99. The first-order valence-electron chi connectivity index (χ1n) is 5.75. The third-order valence-electron chi connectivity index (χ3n) is 2.99. The van der Waals surface area contributed by atoms with Crippen molar-refractivity contribution < 1.29 is 9.53 Å². The lowest BCUT2D eigenvalue weighted by Crippen LogP contribution is -2.17. The lowest BCUT2D eigenvalue weighted by molar-refractivity contribution is -0.144. The number of esters is 1. The van der Waals surface area contributed by atoms with Gasteiger partial charge in [-0.2, -0.15) is 0 Å². The summed E-state index contributed by atoms with van der Waals surface area (Å²) in [5, 5.41) is 0. The molecule has 86 valence electrons. The van der Waals surface area contributed by atoms with Crippen molar-refractivity contribution in [3.05, 3.63) is 36.7 Å². The van der Waals surface area contributed by atoms with Crippen molar-refractivity contribution in [2.45, 2.75) is 31.7 Å². The van der Waals surface area contributed by atoms with Gasteiger partial charge in [-0.25, -0.2) is 0 Å². The molecule has 0 bridgehead atoms. The quantitative estimate of drug-likeness (QED) is 0.577. The predicted molar refractivity (Wildman–Crippen MR) is 62.2 cm³/mol. The molecule has 0 aromatic carbocycles. The van der Waals surface area contributed by atoms with Crippen LogP contribution < -0.4 is 0 Å². The molecular formula is C13H17NO2. The number of ether oxygens (including phenoxy) is 1. The highest BCUT2D eigenvalue weighted by molar-refractivity contribution is 5.77. The van der Waals surface area contributed by atoms with Gasteiger partial charge in [-0.3, -0.25) is 4.79 Å². The minimum absolute atomic E-state index is 0.0996. The second-order valence-corrected chi connectivity index (χ2v) is 4.09. The second kappa shape index (κ2) is 5.01. The Hall–Kier alpha value is -1.51. The molecule has 1 unspecified atom stereocenters. The fourth-order valence-corrected chi connectivity index (χ4v) is 2.21. The normalized spacial score (nSPS) is 19.6. The van der Waals surface area contributed by atoms with Gasteiger partial charge >= 0.3 is 5.97 Å². The van der Waals surface area contributed by atoms with Crippen molar-refractivity contribution in [1.29, 1.82) is 0 Å². The lowest BCUT2D eigenvalue weighted by Gasteiger charge is -2.14. The molecule has 0 N–H and O–H groups in total. The Morgan fingerprint density at radius 2 is 2.50 bits per heavy atom. The smallest absolute Gasteiger partial charge is 0.315 e. The first-order chi connectivity index (χ1) is 7.83. The molecule has 0 radical (unpaired) electrons. The summed E-state index contributed by atoms with van der Waals surface area (Å²) in [5.74, 6) is -0.223. The Morgan fingerprint density at radius 3 is 3.31 bits per heavy atom. The topological polar surface area (TPSA) is 31.2 Å². The number of aryl methyl sites for hydroxylation is 1. The standard InChI is InChI=1S/C13H17NO2/c1-2-10-16-13(15)11-6-3-4-8-14-9-5-7-12(11)14/h2,5,7,9,11H,1,3-4,6,8,10H2. The number of hydrogen-bond donors (Lipinski definition) is 0. The van der Waals surface area contributed by atoms with E-state index in [-0.39, 0.29) is 11.9 Å². The van der Waals surface area contributed by atoms with Gasteiger partial charge in [-0.1, -0.05) is 19.1 Å². The SMILES string of the molecule is C=CCOC(=O)C1CCCCn2cccc21. The molecular weight excluding hydrogens is 202 g/mol. The van der Waals surface area contributed by atoms with Gasteiger partial charge in [-0.15, -0.1) is 0 Å². The maximum atomic E-state index is 11.9. The van der Waals surface area contributed by atoms with Crippen LogP contribution in [0.3, 0.4) is 0 Å². The number of carbonyl (C=O) groups excluding carboxylic acids is 1. The molecule has 0 saturated carbocycles. The van der Waals surface area contributed by atoms with Crippen LogP contribution in [0.4, 0.5) is 0 Å². The Labute approximate surface area is 95.7 Å². The summed E-state index contributed by atoms with van der Waals surface area (Å²) in [6, 6.07) is 4.01. The van der Waals surface area contributed by atoms with E-state index in [4.69, 9.17) is 4.74 Å². The van der Waals surface area contributed by atoms with E-state index < -0.39 is 0 Å². The lowest BCUT2D eigenvalue weighted by atomic mass is 10.00. The summed E-state index contributed by atoms with van der Waals surface area (Å²) in [6.07, 6.45) is 6.74. The van der Waals surface area contributed by atoms with E-state index in [0.717, 1.165) is 31.5 Å². The van der Waals surface area contributed by atoms with Crippen LogP contribution in [-0.4, -0.2) is 17.1 Å². The first kappa shape index (κ1) is 11.0. The maximum Gasteiger partial charge on any atom is 0.315 e. The van der Waals surface area contributed by atoms with Gasteiger partial charge in [0.1, 0.15) is 6.61 Å². The van der Waals surface area contributed by atoms with E-state index in [1.807, 2.05) is 18.3 Å². The van der Waals surface area contributed by atoms with Crippen molar-refractivity contribution in [3.63, 3.8) is 0 Å². The van der Waals surface area contributed by atoms with Crippen LogP contribution in [0.2, 0.25) is 0 Å². The van der Waals surface area contributed by atoms with Crippen molar-refractivity contribution in [2.24, 2.45) is 0 Å². The molecule has 1 aliphatic rings. The van der Waals surface area contributed by atoms with Gasteiger partial charge in [-0.05, 0) is 25.0 Å². The average Bonchev–Trinajstić information content (AvgIpc) is 2.66. The van der Waals surface area contributed by atoms with Gasteiger partial charge in [0, 0.05) is 18.4 Å². The van der Waals surface area contributed by atoms with E-state index in [1.54, 1.807) is 6.08 Å². The van der Waals surface area contributed by atoms with Crippen LogP contribution in [0.25, 0.3) is 0 Å².